The molecule has 0 fully saturated rings. The number of aromatic nitrogens is 3. The van der Waals surface area contributed by atoms with Crippen molar-refractivity contribution in [2.45, 2.75) is 13.0 Å². The third-order valence-electron chi connectivity index (χ3n) is 4.25. The normalized spacial score (nSPS) is 16.1. The van der Waals surface area contributed by atoms with Crippen LogP contribution in [0.4, 0.5) is 5.69 Å². The van der Waals surface area contributed by atoms with E-state index in [0.29, 0.717) is 28.6 Å². The highest BCUT2D eigenvalue weighted by Crippen LogP contribution is 2.40. The molecule has 7 heteroatoms. The molecule has 0 unspecified atom stereocenters. The number of aryl methyl sites for hydroxylation is 1. The van der Waals surface area contributed by atoms with Crippen molar-refractivity contribution in [3.8, 4) is 17.0 Å². The molecule has 0 bridgehead atoms. The second-order valence-electron chi connectivity index (χ2n) is 6.23. The van der Waals surface area contributed by atoms with E-state index in [2.05, 4.69) is 10.2 Å². The lowest BCUT2D eigenvalue weighted by molar-refractivity contribution is 0.0961. The summed E-state index contributed by atoms with van der Waals surface area (Å²) in [7, 11) is 1.76. The first-order valence-corrected chi connectivity index (χ1v) is 8.64. The van der Waals surface area contributed by atoms with Gasteiger partial charge in [0.1, 0.15) is 11.8 Å². The Morgan fingerprint density at radius 3 is 2.85 bits per heavy atom. The number of carbonyl (C=O) groups is 1. The summed E-state index contributed by atoms with van der Waals surface area (Å²) < 4.78 is 5.83. The number of hydrogen-bond donors (Lipinski definition) is 0. The SMILES string of the molecule is C[C@H]1CN(C(=O)c2cccc(-c3cnn(C)n3)c2)c2cccc(Cl)c2O1. The van der Waals surface area contributed by atoms with E-state index in [1.807, 2.05) is 37.3 Å². The zero-order valence-corrected chi connectivity index (χ0v) is 15.1. The minimum absolute atomic E-state index is 0.102. The maximum atomic E-state index is 13.2. The Labute approximate surface area is 155 Å². The van der Waals surface area contributed by atoms with Crippen LogP contribution in [0.25, 0.3) is 11.3 Å². The van der Waals surface area contributed by atoms with Crippen LogP contribution in [0.1, 0.15) is 17.3 Å². The van der Waals surface area contributed by atoms with Gasteiger partial charge in [-0.05, 0) is 31.2 Å². The number of nitrogens with zero attached hydrogens (tertiary/aromatic N) is 4. The second-order valence-corrected chi connectivity index (χ2v) is 6.64. The Balaban J connectivity index is 1.72. The van der Waals surface area contributed by atoms with E-state index in [1.54, 1.807) is 30.3 Å². The number of ether oxygens (including phenoxy) is 1. The molecule has 4 rings (SSSR count). The minimum Gasteiger partial charge on any atom is -0.485 e. The number of amides is 1. The standard InChI is InChI=1S/C19H17ClN4O2/c1-12-11-24(17-8-4-7-15(20)18(17)26-12)19(25)14-6-3-5-13(9-14)16-10-21-23(2)22-16/h3-10,12H,11H2,1-2H3/t12-/m0/s1. The van der Waals surface area contributed by atoms with E-state index in [9.17, 15) is 4.79 Å². The maximum Gasteiger partial charge on any atom is 0.258 e. The summed E-state index contributed by atoms with van der Waals surface area (Å²) in [5, 5.41) is 8.88. The highest BCUT2D eigenvalue weighted by atomic mass is 35.5. The van der Waals surface area contributed by atoms with Crippen LogP contribution in [-0.2, 0) is 7.05 Å². The first-order valence-electron chi connectivity index (χ1n) is 8.27. The van der Waals surface area contributed by atoms with E-state index < -0.39 is 0 Å². The molecular formula is C19H17ClN4O2. The fraction of sp³-hybridized carbons (Fsp3) is 0.211. The summed E-state index contributed by atoms with van der Waals surface area (Å²) in [6.45, 7) is 2.38. The molecule has 0 aliphatic carbocycles. The van der Waals surface area contributed by atoms with Crippen LogP contribution in [0.2, 0.25) is 5.02 Å². The van der Waals surface area contributed by atoms with Gasteiger partial charge in [0.25, 0.3) is 5.91 Å². The van der Waals surface area contributed by atoms with Crippen molar-refractivity contribution < 1.29 is 9.53 Å². The predicted octanol–water partition coefficient (Wildman–Crippen LogP) is 3.56. The van der Waals surface area contributed by atoms with Crippen LogP contribution in [0.5, 0.6) is 5.75 Å². The number of hydrogen-bond acceptors (Lipinski definition) is 4. The van der Waals surface area contributed by atoms with E-state index >= 15 is 0 Å². The van der Waals surface area contributed by atoms with Crippen molar-refractivity contribution in [2.75, 3.05) is 11.4 Å². The van der Waals surface area contributed by atoms with Crippen LogP contribution in [0.15, 0.2) is 48.7 Å². The lowest BCUT2D eigenvalue weighted by Crippen LogP contribution is -2.42. The molecule has 0 N–H and O–H groups in total. The van der Waals surface area contributed by atoms with Crippen molar-refractivity contribution in [1.29, 1.82) is 0 Å². The Morgan fingerprint density at radius 2 is 2.08 bits per heavy atom. The number of para-hydroxylation sites is 1. The van der Waals surface area contributed by atoms with Crippen LogP contribution in [0, 0.1) is 0 Å². The van der Waals surface area contributed by atoms with Crippen LogP contribution >= 0.6 is 11.6 Å². The average Bonchev–Trinajstić information content (AvgIpc) is 3.08. The van der Waals surface area contributed by atoms with Crippen LogP contribution in [-0.4, -0.2) is 33.5 Å². The van der Waals surface area contributed by atoms with Crippen LogP contribution in [0.3, 0.4) is 0 Å². The van der Waals surface area contributed by atoms with Gasteiger partial charge in [-0.15, -0.1) is 0 Å². The number of fused-ring (bicyclic) bond motifs is 1. The van der Waals surface area contributed by atoms with Gasteiger partial charge in [-0.1, -0.05) is 29.8 Å². The molecule has 6 nitrogen and oxygen atoms in total. The van der Waals surface area contributed by atoms with E-state index in [0.717, 1.165) is 11.3 Å². The lowest BCUT2D eigenvalue weighted by Gasteiger charge is -2.34. The Hall–Kier alpha value is -2.86. The maximum absolute atomic E-state index is 13.2. The van der Waals surface area contributed by atoms with E-state index in [1.165, 1.54) is 4.80 Å². The lowest BCUT2D eigenvalue weighted by atomic mass is 10.1. The molecule has 2 heterocycles. The molecule has 3 aromatic rings. The molecule has 1 amide bonds. The summed E-state index contributed by atoms with van der Waals surface area (Å²) >= 11 is 6.25. The first-order chi connectivity index (χ1) is 12.5. The highest BCUT2D eigenvalue weighted by Gasteiger charge is 2.29. The molecule has 2 aromatic carbocycles. The molecule has 1 aromatic heterocycles. The van der Waals surface area contributed by atoms with Crippen molar-refractivity contribution >= 4 is 23.2 Å². The van der Waals surface area contributed by atoms with Crippen molar-refractivity contribution in [1.82, 2.24) is 15.0 Å². The Morgan fingerprint density at radius 1 is 1.27 bits per heavy atom. The molecule has 0 radical (unpaired) electrons. The second kappa shape index (κ2) is 6.46. The zero-order valence-electron chi connectivity index (χ0n) is 14.4. The van der Waals surface area contributed by atoms with Gasteiger partial charge in [-0.2, -0.15) is 15.0 Å². The molecule has 0 spiro atoms. The highest BCUT2D eigenvalue weighted by molar-refractivity contribution is 6.32. The fourth-order valence-corrected chi connectivity index (χ4v) is 3.27. The zero-order chi connectivity index (χ0) is 18.3. The van der Waals surface area contributed by atoms with Gasteiger partial charge in [-0.25, -0.2) is 0 Å². The summed E-state index contributed by atoms with van der Waals surface area (Å²) in [5.74, 6) is 0.445. The fourth-order valence-electron chi connectivity index (χ4n) is 3.06. The number of carbonyl (C=O) groups excluding carboxylic acids is 1. The number of rotatable bonds is 2. The first kappa shape index (κ1) is 16.6. The summed E-state index contributed by atoms with van der Waals surface area (Å²) in [4.78, 5) is 16.4. The predicted molar refractivity (Wildman–Crippen MR) is 99.7 cm³/mol. The van der Waals surface area contributed by atoms with Gasteiger partial charge in [0, 0.05) is 18.2 Å². The van der Waals surface area contributed by atoms with Gasteiger partial charge < -0.3 is 9.64 Å². The third kappa shape index (κ3) is 2.93. The summed E-state index contributed by atoms with van der Waals surface area (Å²) in [6.07, 6.45) is 1.53. The van der Waals surface area contributed by atoms with Gasteiger partial charge in [-0.3, -0.25) is 4.79 Å². The molecule has 0 saturated carbocycles. The van der Waals surface area contributed by atoms with Crippen molar-refractivity contribution in [3.63, 3.8) is 0 Å². The molecule has 1 aliphatic heterocycles. The van der Waals surface area contributed by atoms with Crippen molar-refractivity contribution in [2.24, 2.45) is 7.05 Å². The Bertz CT molecular complexity index is 985. The van der Waals surface area contributed by atoms with E-state index in [4.69, 9.17) is 16.3 Å². The number of benzene rings is 2. The number of anilines is 1. The minimum atomic E-state index is -0.144. The van der Waals surface area contributed by atoms with Crippen LogP contribution < -0.4 is 9.64 Å². The van der Waals surface area contributed by atoms with Gasteiger partial charge in [0.2, 0.25) is 0 Å². The van der Waals surface area contributed by atoms with Gasteiger partial charge in [0.15, 0.2) is 5.75 Å². The molecular weight excluding hydrogens is 352 g/mol. The molecule has 132 valence electrons. The number of halogens is 1. The van der Waals surface area contributed by atoms with Gasteiger partial charge in [0.05, 0.1) is 23.5 Å². The average molecular weight is 369 g/mol. The quantitative estimate of drug-likeness (QED) is 0.694. The largest absolute Gasteiger partial charge is 0.485 e. The molecule has 26 heavy (non-hydrogen) atoms. The van der Waals surface area contributed by atoms with Gasteiger partial charge >= 0.3 is 0 Å². The summed E-state index contributed by atoms with van der Waals surface area (Å²) in [5.41, 5.74) is 2.83. The van der Waals surface area contributed by atoms with Crippen molar-refractivity contribution in [3.05, 3.63) is 59.2 Å². The smallest absolute Gasteiger partial charge is 0.258 e. The Kier molecular flexibility index (Phi) is 4.12. The molecule has 1 atom stereocenters. The van der Waals surface area contributed by atoms with E-state index in [-0.39, 0.29) is 12.0 Å². The third-order valence-corrected chi connectivity index (χ3v) is 4.54. The topological polar surface area (TPSA) is 60.2 Å². The summed E-state index contributed by atoms with van der Waals surface area (Å²) in [6, 6.07) is 12.8. The molecule has 0 saturated heterocycles. The monoisotopic (exact) mass is 368 g/mol. The molecule has 1 aliphatic rings.